The van der Waals surface area contributed by atoms with Gasteiger partial charge in [-0.3, -0.25) is 4.79 Å². The monoisotopic (exact) mass is 293 g/mol. The highest BCUT2D eigenvalue weighted by molar-refractivity contribution is 5.96. The number of nitrogens with zero attached hydrogens (tertiary/aromatic N) is 1. The van der Waals surface area contributed by atoms with Crippen LogP contribution in [-0.2, 0) is 11.2 Å². The summed E-state index contributed by atoms with van der Waals surface area (Å²) in [6.45, 7) is 5.54. The molecule has 1 heterocycles. The normalized spacial score (nSPS) is 21.5. The highest BCUT2D eigenvalue weighted by atomic mass is 16.3. The van der Waals surface area contributed by atoms with Crippen LogP contribution in [0.25, 0.3) is 0 Å². The molecule has 0 aromatic heterocycles. The predicted molar refractivity (Wildman–Crippen MR) is 86.4 cm³/mol. The van der Waals surface area contributed by atoms with Crippen LogP contribution in [-0.4, -0.2) is 11.0 Å². The first-order chi connectivity index (χ1) is 10.5. The molecule has 2 aromatic carbocycles. The summed E-state index contributed by atoms with van der Waals surface area (Å²) in [5.41, 5.74) is 6.54. The van der Waals surface area contributed by atoms with Crippen molar-refractivity contribution in [3.05, 3.63) is 58.1 Å². The minimum Gasteiger partial charge on any atom is -0.507 e. The summed E-state index contributed by atoms with van der Waals surface area (Å²) in [5.74, 6) is 0.771. The quantitative estimate of drug-likeness (QED) is 0.803. The molecule has 112 valence electrons. The van der Waals surface area contributed by atoms with Crippen LogP contribution in [0.15, 0.2) is 30.3 Å². The summed E-state index contributed by atoms with van der Waals surface area (Å²) >= 11 is 0. The molecule has 0 fully saturated rings. The third kappa shape index (κ3) is 1.54. The summed E-state index contributed by atoms with van der Waals surface area (Å²) in [6.07, 6.45) is 0.889. The van der Waals surface area contributed by atoms with Gasteiger partial charge in [-0.05, 0) is 54.2 Å². The van der Waals surface area contributed by atoms with E-state index in [0.29, 0.717) is 11.7 Å². The molecule has 2 atom stereocenters. The fourth-order valence-corrected chi connectivity index (χ4v) is 4.26. The Morgan fingerprint density at radius 3 is 2.68 bits per heavy atom. The third-order valence-corrected chi connectivity index (χ3v) is 5.24. The Kier molecular flexibility index (Phi) is 2.65. The van der Waals surface area contributed by atoms with Crippen molar-refractivity contribution < 1.29 is 9.90 Å². The van der Waals surface area contributed by atoms with E-state index in [4.69, 9.17) is 0 Å². The Hall–Kier alpha value is -2.29. The Morgan fingerprint density at radius 2 is 1.95 bits per heavy atom. The largest absolute Gasteiger partial charge is 0.507 e. The fraction of sp³-hybridized carbons (Fsp3) is 0.316. The van der Waals surface area contributed by atoms with E-state index in [-0.39, 0.29) is 11.9 Å². The van der Waals surface area contributed by atoms with Gasteiger partial charge in [0.1, 0.15) is 5.75 Å². The molecule has 1 aliphatic carbocycles. The first kappa shape index (κ1) is 13.4. The second kappa shape index (κ2) is 4.35. The zero-order valence-electron chi connectivity index (χ0n) is 13.1. The number of hydrogen-bond donors (Lipinski definition) is 1. The number of para-hydroxylation sites is 1. The smallest absolute Gasteiger partial charge is 0.224 e. The van der Waals surface area contributed by atoms with Gasteiger partial charge in [-0.1, -0.05) is 24.3 Å². The Balaban J connectivity index is 1.96. The molecule has 2 aromatic rings. The van der Waals surface area contributed by atoms with Crippen molar-refractivity contribution in [2.75, 3.05) is 4.90 Å². The summed E-state index contributed by atoms with van der Waals surface area (Å²) < 4.78 is 0. The van der Waals surface area contributed by atoms with Gasteiger partial charge in [-0.25, -0.2) is 0 Å². The average molecular weight is 293 g/mol. The van der Waals surface area contributed by atoms with Gasteiger partial charge in [0.2, 0.25) is 5.91 Å². The third-order valence-electron chi connectivity index (χ3n) is 5.24. The molecule has 3 nitrogen and oxygen atoms in total. The van der Waals surface area contributed by atoms with Gasteiger partial charge in [0.05, 0.1) is 6.04 Å². The van der Waals surface area contributed by atoms with E-state index in [2.05, 4.69) is 12.1 Å². The number of benzene rings is 2. The van der Waals surface area contributed by atoms with Crippen LogP contribution in [0.5, 0.6) is 5.75 Å². The van der Waals surface area contributed by atoms with E-state index < -0.39 is 0 Å². The molecule has 0 spiro atoms. The number of carbonyl (C=O) groups is 1. The maximum atomic E-state index is 12.3. The van der Waals surface area contributed by atoms with Crippen LogP contribution >= 0.6 is 0 Å². The van der Waals surface area contributed by atoms with Crippen molar-refractivity contribution in [1.82, 2.24) is 0 Å². The number of phenolic OH excluding ortho intramolecular Hbond substituents is 1. The zero-order chi connectivity index (χ0) is 15.6. The van der Waals surface area contributed by atoms with Gasteiger partial charge in [0.15, 0.2) is 0 Å². The van der Waals surface area contributed by atoms with Crippen LogP contribution in [0.4, 0.5) is 5.69 Å². The van der Waals surface area contributed by atoms with E-state index in [0.717, 1.165) is 23.2 Å². The molecule has 3 heteroatoms. The number of anilines is 1. The summed E-state index contributed by atoms with van der Waals surface area (Å²) in [5, 5.41) is 10.2. The van der Waals surface area contributed by atoms with E-state index in [9.17, 15) is 9.90 Å². The SMILES string of the molecule is CC(=O)N1c2ccccc2[C@@H]2Cc3c(cc(C)c(O)c3C)[C@@H]21. The zero-order valence-corrected chi connectivity index (χ0v) is 13.1. The number of carbonyl (C=O) groups excluding carboxylic acids is 1. The molecule has 0 saturated carbocycles. The number of fused-ring (bicyclic) bond motifs is 5. The van der Waals surface area contributed by atoms with Gasteiger partial charge >= 0.3 is 0 Å². The lowest BCUT2D eigenvalue weighted by molar-refractivity contribution is -0.117. The molecular formula is C19H19NO2. The number of aromatic hydroxyl groups is 1. The lowest BCUT2D eigenvalue weighted by Gasteiger charge is -2.25. The standard InChI is InChI=1S/C19H19NO2/c1-10-8-15-14(11(2)19(10)22)9-16-13-6-4-5-7-17(13)20(12(3)21)18(15)16/h4-8,16,18,22H,9H2,1-3H3/t16-,18-/m0/s1. The molecule has 1 N–H and O–H groups in total. The first-order valence-electron chi connectivity index (χ1n) is 7.71. The molecular weight excluding hydrogens is 274 g/mol. The molecule has 1 amide bonds. The molecule has 4 rings (SSSR count). The first-order valence-corrected chi connectivity index (χ1v) is 7.71. The predicted octanol–water partition coefficient (Wildman–Crippen LogP) is 3.76. The van der Waals surface area contributed by atoms with Crippen molar-refractivity contribution >= 4 is 11.6 Å². The number of aryl methyl sites for hydroxylation is 1. The fourth-order valence-electron chi connectivity index (χ4n) is 4.26. The van der Waals surface area contributed by atoms with E-state index in [1.165, 1.54) is 16.7 Å². The number of rotatable bonds is 0. The van der Waals surface area contributed by atoms with Crippen molar-refractivity contribution in [3.63, 3.8) is 0 Å². The van der Waals surface area contributed by atoms with E-state index >= 15 is 0 Å². The lowest BCUT2D eigenvalue weighted by Crippen LogP contribution is -2.29. The maximum Gasteiger partial charge on any atom is 0.224 e. The molecule has 0 bridgehead atoms. The van der Waals surface area contributed by atoms with Gasteiger partial charge in [0, 0.05) is 18.5 Å². The van der Waals surface area contributed by atoms with Gasteiger partial charge in [-0.15, -0.1) is 0 Å². The number of amides is 1. The van der Waals surface area contributed by atoms with Crippen molar-refractivity contribution in [1.29, 1.82) is 0 Å². The van der Waals surface area contributed by atoms with Crippen molar-refractivity contribution in [2.24, 2.45) is 0 Å². The molecule has 0 radical (unpaired) electrons. The lowest BCUT2D eigenvalue weighted by atomic mass is 9.96. The average Bonchev–Trinajstić information content (AvgIpc) is 3.00. The Bertz CT molecular complexity index is 809. The second-order valence-corrected chi connectivity index (χ2v) is 6.44. The summed E-state index contributed by atoms with van der Waals surface area (Å²) in [7, 11) is 0. The summed E-state index contributed by atoms with van der Waals surface area (Å²) in [4.78, 5) is 14.2. The molecule has 22 heavy (non-hydrogen) atoms. The topological polar surface area (TPSA) is 40.5 Å². The minimum absolute atomic E-state index is 0.0721. The highest BCUT2D eigenvalue weighted by Gasteiger charge is 2.46. The summed E-state index contributed by atoms with van der Waals surface area (Å²) in [6, 6.07) is 10.3. The van der Waals surface area contributed by atoms with Gasteiger partial charge in [-0.2, -0.15) is 0 Å². The highest BCUT2D eigenvalue weighted by Crippen LogP contribution is 2.56. The Labute approximate surface area is 130 Å². The van der Waals surface area contributed by atoms with Crippen molar-refractivity contribution in [2.45, 2.75) is 39.2 Å². The molecule has 0 saturated heterocycles. The molecule has 2 aliphatic rings. The molecule has 0 unspecified atom stereocenters. The van der Waals surface area contributed by atoms with Gasteiger partial charge in [0.25, 0.3) is 0 Å². The van der Waals surface area contributed by atoms with E-state index in [1.54, 1.807) is 6.92 Å². The van der Waals surface area contributed by atoms with E-state index in [1.807, 2.05) is 36.9 Å². The van der Waals surface area contributed by atoms with Crippen LogP contribution in [0, 0.1) is 13.8 Å². The number of phenols is 1. The molecule has 1 aliphatic heterocycles. The Morgan fingerprint density at radius 1 is 1.23 bits per heavy atom. The van der Waals surface area contributed by atoms with Crippen LogP contribution in [0.3, 0.4) is 0 Å². The minimum atomic E-state index is 0.0721. The maximum absolute atomic E-state index is 12.3. The van der Waals surface area contributed by atoms with Crippen LogP contribution < -0.4 is 4.90 Å². The van der Waals surface area contributed by atoms with Crippen molar-refractivity contribution in [3.8, 4) is 5.75 Å². The number of hydrogen-bond acceptors (Lipinski definition) is 2. The van der Waals surface area contributed by atoms with Crippen LogP contribution in [0.2, 0.25) is 0 Å². The van der Waals surface area contributed by atoms with Crippen LogP contribution in [0.1, 0.15) is 46.7 Å². The van der Waals surface area contributed by atoms with Gasteiger partial charge < -0.3 is 10.0 Å². The second-order valence-electron chi connectivity index (χ2n) is 6.44.